The van der Waals surface area contributed by atoms with Crippen molar-refractivity contribution in [3.05, 3.63) is 18.2 Å². The third-order valence-electron chi connectivity index (χ3n) is 6.52. The van der Waals surface area contributed by atoms with Crippen LogP contribution in [0.4, 0.5) is 10.9 Å². The SMILES string of the molecule is CCCN1CCN(c2nn3c(NC4CCCC4)c(-c4ccc(O)c(OC)c4)nc3s2)CC1. The Hall–Kier alpha value is -2.52. The Kier molecular flexibility index (Phi) is 6.10. The molecule has 0 bridgehead atoms. The molecule has 2 aliphatic rings. The Balaban J connectivity index is 1.48. The molecule has 0 spiro atoms. The van der Waals surface area contributed by atoms with E-state index in [0.717, 1.165) is 53.3 Å². The van der Waals surface area contributed by atoms with Gasteiger partial charge in [-0.25, -0.2) is 4.98 Å². The molecule has 1 saturated heterocycles. The number of rotatable bonds is 7. The van der Waals surface area contributed by atoms with E-state index >= 15 is 0 Å². The molecule has 8 nitrogen and oxygen atoms in total. The second-order valence-electron chi connectivity index (χ2n) is 8.73. The first-order valence-electron chi connectivity index (χ1n) is 11.7. The number of hydrogen-bond acceptors (Lipinski definition) is 8. The highest BCUT2D eigenvalue weighted by Crippen LogP contribution is 2.38. The highest BCUT2D eigenvalue weighted by molar-refractivity contribution is 7.20. The molecule has 1 aromatic carbocycles. The normalized spacial score (nSPS) is 18.0. The Morgan fingerprint density at radius 3 is 2.69 bits per heavy atom. The smallest absolute Gasteiger partial charge is 0.216 e. The van der Waals surface area contributed by atoms with Crippen molar-refractivity contribution in [3.8, 4) is 22.8 Å². The number of imidazole rings is 1. The van der Waals surface area contributed by atoms with Gasteiger partial charge in [-0.1, -0.05) is 31.1 Å². The fourth-order valence-corrected chi connectivity index (χ4v) is 5.72. The van der Waals surface area contributed by atoms with Gasteiger partial charge in [0.1, 0.15) is 5.69 Å². The summed E-state index contributed by atoms with van der Waals surface area (Å²) in [4.78, 5) is 10.8. The molecule has 32 heavy (non-hydrogen) atoms. The number of fused-ring (bicyclic) bond motifs is 1. The molecule has 2 N–H and O–H groups in total. The van der Waals surface area contributed by atoms with Crippen LogP contribution < -0.4 is 15.0 Å². The van der Waals surface area contributed by atoms with Gasteiger partial charge in [0.15, 0.2) is 17.3 Å². The van der Waals surface area contributed by atoms with Crippen LogP contribution in [0, 0.1) is 0 Å². The van der Waals surface area contributed by atoms with E-state index in [1.165, 1.54) is 38.6 Å². The van der Waals surface area contributed by atoms with Gasteiger partial charge in [-0.15, -0.1) is 5.10 Å². The minimum absolute atomic E-state index is 0.130. The minimum atomic E-state index is 0.130. The number of anilines is 2. The second kappa shape index (κ2) is 9.15. The molecule has 0 atom stereocenters. The average Bonchev–Trinajstić information content (AvgIpc) is 3.53. The van der Waals surface area contributed by atoms with Crippen molar-refractivity contribution in [2.75, 3.05) is 50.1 Å². The minimum Gasteiger partial charge on any atom is -0.504 e. The summed E-state index contributed by atoms with van der Waals surface area (Å²) in [7, 11) is 1.57. The van der Waals surface area contributed by atoms with E-state index in [1.54, 1.807) is 24.5 Å². The number of methoxy groups -OCH3 is 1. The second-order valence-corrected chi connectivity index (χ2v) is 9.66. The highest BCUT2D eigenvalue weighted by atomic mass is 32.1. The Bertz CT molecular complexity index is 1070. The van der Waals surface area contributed by atoms with Crippen LogP contribution in [0.5, 0.6) is 11.5 Å². The topological polar surface area (TPSA) is 78.2 Å². The zero-order chi connectivity index (χ0) is 22.1. The maximum absolute atomic E-state index is 10.0. The van der Waals surface area contributed by atoms with Crippen LogP contribution in [-0.2, 0) is 0 Å². The van der Waals surface area contributed by atoms with Gasteiger partial charge in [0, 0.05) is 37.8 Å². The van der Waals surface area contributed by atoms with E-state index in [9.17, 15) is 5.11 Å². The standard InChI is InChI=1S/C23H32N6O2S/c1-3-10-27-11-13-28(14-12-27)23-26-29-21(24-17-6-4-5-7-17)20(25-22(29)32-23)16-8-9-18(30)19(15-16)31-2/h8-9,15,17,24,30H,3-7,10-14H2,1-2H3. The fraction of sp³-hybridized carbons (Fsp3) is 0.565. The van der Waals surface area contributed by atoms with Crippen LogP contribution in [0.25, 0.3) is 16.2 Å². The van der Waals surface area contributed by atoms with Gasteiger partial charge in [0.2, 0.25) is 10.1 Å². The number of aromatic hydroxyl groups is 1. The largest absolute Gasteiger partial charge is 0.504 e. The average molecular weight is 457 g/mol. The van der Waals surface area contributed by atoms with Crippen LogP contribution in [-0.4, -0.2) is 70.5 Å². The first kappa shape index (κ1) is 21.3. The van der Waals surface area contributed by atoms with Gasteiger partial charge in [0.25, 0.3) is 0 Å². The van der Waals surface area contributed by atoms with E-state index in [4.69, 9.17) is 14.8 Å². The number of aromatic nitrogens is 3. The van der Waals surface area contributed by atoms with Crippen LogP contribution in [0.15, 0.2) is 18.2 Å². The van der Waals surface area contributed by atoms with Crippen molar-refractivity contribution in [2.24, 2.45) is 0 Å². The zero-order valence-electron chi connectivity index (χ0n) is 18.9. The quantitative estimate of drug-likeness (QED) is 0.555. The van der Waals surface area contributed by atoms with Crippen LogP contribution in [0.3, 0.4) is 0 Å². The summed E-state index contributed by atoms with van der Waals surface area (Å²) in [5.74, 6) is 1.52. The van der Waals surface area contributed by atoms with Crippen molar-refractivity contribution < 1.29 is 9.84 Å². The molecule has 172 valence electrons. The number of phenolic OH excluding ortho intramolecular Hbond substituents is 1. The Morgan fingerprint density at radius 1 is 1.19 bits per heavy atom. The van der Waals surface area contributed by atoms with Gasteiger partial charge < -0.3 is 20.1 Å². The van der Waals surface area contributed by atoms with Crippen molar-refractivity contribution in [1.29, 1.82) is 0 Å². The molecule has 0 radical (unpaired) electrons. The monoisotopic (exact) mass is 456 g/mol. The van der Waals surface area contributed by atoms with E-state index in [1.807, 2.05) is 16.6 Å². The third-order valence-corrected chi connectivity index (χ3v) is 7.49. The molecule has 3 aromatic rings. The first-order valence-corrected chi connectivity index (χ1v) is 12.5. The number of nitrogens with zero attached hydrogens (tertiary/aromatic N) is 5. The van der Waals surface area contributed by atoms with Crippen molar-refractivity contribution in [3.63, 3.8) is 0 Å². The Morgan fingerprint density at radius 2 is 1.97 bits per heavy atom. The molecule has 2 aromatic heterocycles. The maximum Gasteiger partial charge on any atom is 0.216 e. The van der Waals surface area contributed by atoms with E-state index in [-0.39, 0.29) is 5.75 Å². The summed E-state index contributed by atoms with van der Waals surface area (Å²) in [5.41, 5.74) is 1.76. The summed E-state index contributed by atoms with van der Waals surface area (Å²) in [6.07, 6.45) is 6.05. The molecular formula is C23H32N6O2S. The van der Waals surface area contributed by atoms with Gasteiger partial charge in [-0.05, 0) is 44.0 Å². The predicted octanol–water partition coefficient (Wildman–Crippen LogP) is 4.06. The lowest BCUT2D eigenvalue weighted by Crippen LogP contribution is -2.46. The molecule has 2 fully saturated rings. The number of benzene rings is 1. The lowest BCUT2D eigenvalue weighted by molar-refractivity contribution is 0.258. The molecule has 9 heteroatoms. The van der Waals surface area contributed by atoms with E-state index in [0.29, 0.717) is 11.8 Å². The van der Waals surface area contributed by atoms with Crippen molar-refractivity contribution >= 4 is 27.2 Å². The summed E-state index contributed by atoms with van der Waals surface area (Å²) < 4.78 is 7.31. The third kappa shape index (κ3) is 4.11. The summed E-state index contributed by atoms with van der Waals surface area (Å²) in [6.45, 7) is 7.59. The molecule has 0 unspecified atom stereocenters. The summed E-state index contributed by atoms with van der Waals surface area (Å²) in [6, 6.07) is 5.83. The number of phenols is 1. The number of nitrogens with one attached hydrogen (secondary N) is 1. The molecule has 1 saturated carbocycles. The summed E-state index contributed by atoms with van der Waals surface area (Å²) >= 11 is 1.65. The highest BCUT2D eigenvalue weighted by Gasteiger charge is 2.25. The van der Waals surface area contributed by atoms with Gasteiger partial charge >= 0.3 is 0 Å². The predicted molar refractivity (Wildman–Crippen MR) is 129 cm³/mol. The zero-order valence-corrected chi connectivity index (χ0v) is 19.7. The van der Waals surface area contributed by atoms with Gasteiger partial charge in [0.05, 0.1) is 7.11 Å². The molecule has 1 aliphatic carbocycles. The lowest BCUT2D eigenvalue weighted by Gasteiger charge is -2.34. The number of ether oxygens (including phenoxy) is 1. The van der Waals surface area contributed by atoms with E-state index in [2.05, 4.69) is 22.0 Å². The fourth-order valence-electron chi connectivity index (χ4n) is 4.76. The Labute approximate surface area is 192 Å². The number of piperazine rings is 1. The van der Waals surface area contributed by atoms with E-state index < -0.39 is 0 Å². The number of hydrogen-bond donors (Lipinski definition) is 2. The molecule has 3 heterocycles. The van der Waals surface area contributed by atoms with Gasteiger partial charge in [-0.2, -0.15) is 4.52 Å². The molecule has 5 rings (SSSR count). The first-order chi connectivity index (χ1) is 15.7. The molecule has 0 amide bonds. The van der Waals surface area contributed by atoms with Crippen molar-refractivity contribution in [1.82, 2.24) is 19.5 Å². The van der Waals surface area contributed by atoms with Gasteiger partial charge in [-0.3, -0.25) is 4.90 Å². The molecule has 1 aliphatic heterocycles. The van der Waals surface area contributed by atoms with Crippen LogP contribution >= 0.6 is 11.3 Å². The van der Waals surface area contributed by atoms with Crippen molar-refractivity contribution in [2.45, 2.75) is 45.1 Å². The van der Waals surface area contributed by atoms with Crippen LogP contribution in [0.1, 0.15) is 39.0 Å². The molecular weight excluding hydrogens is 424 g/mol. The van der Waals surface area contributed by atoms with Crippen LogP contribution in [0.2, 0.25) is 0 Å². The maximum atomic E-state index is 10.0. The summed E-state index contributed by atoms with van der Waals surface area (Å²) in [5, 5.41) is 19.8. The lowest BCUT2D eigenvalue weighted by atomic mass is 10.1.